The van der Waals surface area contributed by atoms with Crippen molar-refractivity contribution in [1.29, 1.82) is 0 Å². The summed E-state index contributed by atoms with van der Waals surface area (Å²) in [5.41, 5.74) is 2.43. The first-order valence-corrected chi connectivity index (χ1v) is 13.4. The number of halogens is 3. The second-order valence-corrected chi connectivity index (χ2v) is 10.7. The van der Waals surface area contributed by atoms with Crippen molar-refractivity contribution in [3.05, 3.63) is 82.4 Å². The van der Waals surface area contributed by atoms with Crippen LogP contribution in [0.1, 0.15) is 49.7 Å². The number of rotatable bonds is 6. The van der Waals surface area contributed by atoms with Crippen LogP contribution in [0.15, 0.2) is 59.8 Å². The Balaban J connectivity index is 1.31. The minimum Gasteiger partial charge on any atom is -0.339 e. The number of alkyl halides is 3. The fourth-order valence-corrected chi connectivity index (χ4v) is 5.14. The zero-order valence-corrected chi connectivity index (χ0v) is 23.1. The average Bonchev–Trinajstić information content (AvgIpc) is 3.49. The molecule has 1 aromatic carbocycles. The summed E-state index contributed by atoms with van der Waals surface area (Å²) >= 11 is 0. The molecule has 216 valence electrons. The van der Waals surface area contributed by atoms with Crippen LogP contribution >= 0.6 is 0 Å². The van der Waals surface area contributed by atoms with Crippen LogP contribution in [-0.4, -0.2) is 58.0 Å². The van der Waals surface area contributed by atoms with E-state index >= 15 is 0 Å². The maximum absolute atomic E-state index is 13.5. The number of carbonyl (C=O) groups excluding carboxylic acids is 1. The van der Waals surface area contributed by atoms with E-state index in [1.54, 1.807) is 41.6 Å². The van der Waals surface area contributed by atoms with Crippen LogP contribution in [-0.2, 0) is 17.5 Å². The molecule has 0 radical (unpaired) electrons. The minimum atomic E-state index is -4.60. The number of pyridine rings is 1. The number of hydrogen-bond acceptors (Lipinski definition) is 6. The van der Waals surface area contributed by atoms with Crippen molar-refractivity contribution in [2.24, 2.45) is 0 Å². The minimum absolute atomic E-state index is 0.126. The lowest BCUT2D eigenvalue weighted by molar-refractivity contribution is -0.141. The van der Waals surface area contributed by atoms with Gasteiger partial charge in [-0.2, -0.15) is 13.2 Å². The number of amides is 1. The Morgan fingerprint density at radius 3 is 2.50 bits per heavy atom. The molecule has 0 atom stereocenters. The van der Waals surface area contributed by atoms with Gasteiger partial charge in [-0.1, -0.05) is 38.1 Å². The summed E-state index contributed by atoms with van der Waals surface area (Å²) in [4.78, 5) is 46.3. The number of H-pyrrole nitrogens is 1. The molecule has 1 aliphatic rings. The van der Waals surface area contributed by atoms with Gasteiger partial charge >= 0.3 is 11.9 Å². The van der Waals surface area contributed by atoms with Crippen molar-refractivity contribution in [2.45, 2.75) is 45.5 Å². The molecule has 1 amide bonds. The number of benzene rings is 1. The molecule has 4 aromatic heterocycles. The molecule has 1 fully saturated rings. The first-order chi connectivity index (χ1) is 20.0. The van der Waals surface area contributed by atoms with Crippen molar-refractivity contribution in [3.8, 4) is 22.8 Å². The monoisotopic (exact) mass is 576 g/mol. The van der Waals surface area contributed by atoms with Gasteiger partial charge in [-0.15, -0.1) is 0 Å². The highest BCUT2D eigenvalue weighted by molar-refractivity contribution is 5.74. The van der Waals surface area contributed by atoms with Crippen LogP contribution in [0.5, 0.6) is 0 Å². The summed E-state index contributed by atoms with van der Waals surface area (Å²) in [6.45, 7) is 6.31. The normalized spacial score (nSPS) is 14.1. The molecule has 5 aromatic rings. The van der Waals surface area contributed by atoms with Crippen molar-refractivity contribution in [1.82, 2.24) is 39.0 Å². The molecular formula is C29H27F3N8O2. The highest BCUT2D eigenvalue weighted by Crippen LogP contribution is 2.35. The topological polar surface area (TPSA) is 115 Å². The van der Waals surface area contributed by atoms with Gasteiger partial charge in [-0.3, -0.25) is 14.3 Å². The van der Waals surface area contributed by atoms with E-state index < -0.39 is 11.9 Å². The molecule has 5 heterocycles. The van der Waals surface area contributed by atoms with E-state index in [1.165, 1.54) is 16.1 Å². The fraction of sp³-hybridized carbons (Fsp3) is 0.310. The molecule has 0 saturated carbocycles. The Bertz CT molecular complexity index is 1850. The predicted octanol–water partition coefficient (Wildman–Crippen LogP) is 4.64. The van der Waals surface area contributed by atoms with Crippen LogP contribution < -0.4 is 5.69 Å². The molecule has 42 heavy (non-hydrogen) atoms. The van der Waals surface area contributed by atoms with E-state index in [0.717, 1.165) is 23.0 Å². The average molecular weight is 577 g/mol. The number of carbonyl (C=O) groups is 1. The van der Waals surface area contributed by atoms with E-state index in [-0.39, 0.29) is 35.9 Å². The van der Waals surface area contributed by atoms with Gasteiger partial charge in [-0.25, -0.2) is 19.7 Å². The maximum Gasteiger partial charge on any atom is 0.434 e. The van der Waals surface area contributed by atoms with Crippen LogP contribution in [0.4, 0.5) is 13.2 Å². The molecule has 0 unspecified atom stereocenters. The van der Waals surface area contributed by atoms with Crippen LogP contribution in [0, 0.1) is 0 Å². The number of likely N-dealkylation sites (tertiary alicyclic amines) is 1. The third-order valence-electron chi connectivity index (χ3n) is 7.41. The molecule has 0 bridgehead atoms. The van der Waals surface area contributed by atoms with Gasteiger partial charge in [0.05, 0.1) is 24.5 Å². The van der Waals surface area contributed by atoms with Crippen molar-refractivity contribution >= 4 is 17.1 Å². The summed E-state index contributed by atoms with van der Waals surface area (Å²) in [6, 6.07) is 10.3. The first-order valence-electron chi connectivity index (χ1n) is 13.4. The van der Waals surface area contributed by atoms with E-state index in [4.69, 9.17) is 4.98 Å². The summed E-state index contributed by atoms with van der Waals surface area (Å²) in [5, 5.41) is 0. The largest absolute Gasteiger partial charge is 0.434 e. The van der Waals surface area contributed by atoms with Gasteiger partial charge in [0.2, 0.25) is 5.91 Å². The highest BCUT2D eigenvalue weighted by Gasteiger charge is 2.38. The van der Waals surface area contributed by atoms with Crippen LogP contribution in [0.25, 0.3) is 33.9 Å². The zero-order valence-electron chi connectivity index (χ0n) is 23.1. The Morgan fingerprint density at radius 2 is 1.83 bits per heavy atom. The number of aromatic nitrogens is 7. The number of hydrogen-bond donors (Lipinski definition) is 1. The molecule has 0 spiro atoms. The molecule has 10 nitrogen and oxygen atoms in total. The van der Waals surface area contributed by atoms with Gasteiger partial charge in [-0.05, 0) is 23.6 Å². The molecule has 6 rings (SSSR count). The zero-order chi connectivity index (χ0) is 29.8. The van der Waals surface area contributed by atoms with Crippen molar-refractivity contribution in [3.63, 3.8) is 0 Å². The SMILES string of the molecule is CC(=O)N1CC(n2cc(C(F)(F)F)nc2-c2ccc(Cn3c(=O)[nH]c4cnc(-c5cccnc5C(C)C)nc43)cc2)C1. The molecule has 1 saturated heterocycles. The lowest BCUT2D eigenvalue weighted by Crippen LogP contribution is -2.49. The summed E-state index contributed by atoms with van der Waals surface area (Å²) in [5.74, 6) is 0.641. The van der Waals surface area contributed by atoms with Crippen molar-refractivity contribution < 1.29 is 18.0 Å². The van der Waals surface area contributed by atoms with Gasteiger partial charge in [0.25, 0.3) is 0 Å². The number of fused-ring (bicyclic) bond motifs is 1. The lowest BCUT2D eigenvalue weighted by Gasteiger charge is -2.39. The summed E-state index contributed by atoms with van der Waals surface area (Å²) < 4.78 is 43.6. The van der Waals surface area contributed by atoms with Crippen molar-refractivity contribution in [2.75, 3.05) is 13.1 Å². The third kappa shape index (κ3) is 4.95. The Labute approximate surface area is 237 Å². The number of imidazole rings is 2. The molecule has 0 aliphatic carbocycles. The Morgan fingerprint density at radius 1 is 1.10 bits per heavy atom. The molecule has 1 aliphatic heterocycles. The first kappa shape index (κ1) is 27.4. The van der Waals surface area contributed by atoms with E-state index in [2.05, 4.69) is 19.9 Å². The van der Waals surface area contributed by atoms with Gasteiger partial charge in [0.15, 0.2) is 17.2 Å². The summed E-state index contributed by atoms with van der Waals surface area (Å²) in [7, 11) is 0. The smallest absolute Gasteiger partial charge is 0.339 e. The van der Waals surface area contributed by atoms with Crippen LogP contribution in [0.3, 0.4) is 0 Å². The van der Waals surface area contributed by atoms with Gasteiger partial charge < -0.3 is 14.5 Å². The van der Waals surface area contributed by atoms with Gasteiger partial charge in [0, 0.05) is 43.5 Å². The van der Waals surface area contributed by atoms with E-state index in [0.29, 0.717) is 35.6 Å². The summed E-state index contributed by atoms with van der Waals surface area (Å²) in [6.07, 6.45) is -0.313. The standard InChI is InChI=1S/C29H27F3N8O2/c1-16(2)24-21(5-4-10-33-24)25-34-11-22-27(37-25)40(28(42)35-22)12-18-6-8-19(9-7-18)26-36-23(29(30,31)32)15-39(26)20-13-38(14-20)17(3)41/h4-11,15-16,20H,12-14H2,1-3H3,(H,35,42). The number of aromatic amines is 1. The van der Waals surface area contributed by atoms with Crippen LogP contribution in [0.2, 0.25) is 0 Å². The predicted molar refractivity (Wildman–Crippen MR) is 149 cm³/mol. The highest BCUT2D eigenvalue weighted by atomic mass is 19.4. The third-order valence-corrected chi connectivity index (χ3v) is 7.41. The van der Waals surface area contributed by atoms with E-state index in [1.807, 2.05) is 26.0 Å². The van der Waals surface area contributed by atoms with Gasteiger partial charge in [0.1, 0.15) is 11.3 Å². The van der Waals surface area contributed by atoms with E-state index in [9.17, 15) is 22.8 Å². The quantitative estimate of drug-likeness (QED) is 0.315. The molecule has 1 N–H and O–H groups in total. The maximum atomic E-state index is 13.5. The number of nitrogens with zero attached hydrogens (tertiary/aromatic N) is 7. The lowest BCUT2D eigenvalue weighted by atomic mass is 10.0. The second kappa shape index (κ2) is 10.2. The Kier molecular flexibility index (Phi) is 6.66. The molecular weight excluding hydrogens is 549 g/mol. The second-order valence-electron chi connectivity index (χ2n) is 10.7. The number of nitrogens with one attached hydrogen (secondary N) is 1. The Hall–Kier alpha value is -4.81. The molecule has 13 heteroatoms. The fourth-order valence-electron chi connectivity index (χ4n) is 5.14.